The number of carbonyl (C=O) groups is 2. The second-order valence-electron chi connectivity index (χ2n) is 7.21. The van der Waals surface area contributed by atoms with Crippen molar-refractivity contribution in [3.8, 4) is 0 Å². The Hall–Kier alpha value is -2.67. The molecule has 1 saturated heterocycles. The maximum atomic E-state index is 13.2. The van der Waals surface area contributed by atoms with Crippen molar-refractivity contribution >= 4 is 61.2 Å². The van der Waals surface area contributed by atoms with E-state index in [1.165, 1.54) is 5.01 Å². The van der Waals surface area contributed by atoms with E-state index in [2.05, 4.69) is 21.4 Å². The van der Waals surface area contributed by atoms with Crippen LogP contribution in [0.5, 0.6) is 0 Å². The number of amides is 1. The Kier molecular flexibility index (Phi) is 4.85. The van der Waals surface area contributed by atoms with Crippen molar-refractivity contribution in [3.05, 3.63) is 82.8 Å². The molecule has 1 aliphatic rings. The highest BCUT2D eigenvalue weighted by Gasteiger charge is 2.47. The van der Waals surface area contributed by atoms with Crippen molar-refractivity contribution in [1.29, 1.82) is 0 Å². The minimum Gasteiger partial charge on any atom is -0.279 e. The fraction of sp³-hybridized carbons (Fsp3) is 0.130. The lowest BCUT2D eigenvalue weighted by atomic mass is 9.95. The largest absolute Gasteiger partial charge is 0.279 e. The molecule has 1 N–H and O–H groups in total. The van der Waals surface area contributed by atoms with Gasteiger partial charge in [0.25, 0.3) is 5.91 Å². The van der Waals surface area contributed by atoms with E-state index in [4.69, 9.17) is 11.6 Å². The number of hydrogen-bond donors (Lipinski definition) is 1. The van der Waals surface area contributed by atoms with Gasteiger partial charge in [-0.05, 0) is 29.8 Å². The highest BCUT2D eigenvalue weighted by Crippen LogP contribution is 2.37. The number of nitrogens with one attached hydrogen (secondary N) is 1. The van der Waals surface area contributed by atoms with Crippen molar-refractivity contribution in [2.24, 2.45) is 0 Å². The van der Waals surface area contributed by atoms with Gasteiger partial charge >= 0.3 is 0 Å². The summed E-state index contributed by atoms with van der Waals surface area (Å²) in [4.78, 5) is 25.5. The molecule has 3 aromatic carbocycles. The lowest BCUT2D eigenvalue weighted by molar-refractivity contribution is -0.150. The molecule has 1 fully saturated rings. The molecule has 0 spiro atoms. The normalized spacial score (nSPS) is 18.7. The average molecular weight is 483 g/mol. The molecule has 2 unspecified atom stereocenters. The molecule has 7 heteroatoms. The molecule has 1 amide bonds. The van der Waals surface area contributed by atoms with Gasteiger partial charge in [-0.3, -0.25) is 19.2 Å². The van der Waals surface area contributed by atoms with Gasteiger partial charge in [0.1, 0.15) is 5.38 Å². The number of rotatable bonds is 4. The zero-order chi connectivity index (χ0) is 20.8. The van der Waals surface area contributed by atoms with Crippen molar-refractivity contribution in [2.75, 3.05) is 6.54 Å². The quantitative estimate of drug-likeness (QED) is 0.333. The first-order valence-corrected chi connectivity index (χ1v) is 10.8. The van der Waals surface area contributed by atoms with E-state index in [1.807, 2.05) is 72.8 Å². The van der Waals surface area contributed by atoms with Gasteiger partial charge < -0.3 is 0 Å². The fourth-order valence-electron chi connectivity index (χ4n) is 4.06. The van der Waals surface area contributed by atoms with Crippen LogP contribution in [-0.4, -0.2) is 33.3 Å². The third kappa shape index (κ3) is 3.03. The summed E-state index contributed by atoms with van der Waals surface area (Å²) in [5.74, 6) is -0.386. The monoisotopic (exact) mass is 481 g/mol. The van der Waals surface area contributed by atoms with Crippen LogP contribution in [0.15, 0.2) is 77.3 Å². The molecule has 5 nitrogen and oxygen atoms in total. The van der Waals surface area contributed by atoms with E-state index >= 15 is 0 Å². The molecular formula is C23H17BrClN3O2. The maximum absolute atomic E-state index is 13.2. The SMILES string of the molecule is O=C1C(Cl)C(c2cccc(Br)c2)N1NCC(=O)n1c2ccccc2c2ccccc21. The number of benzene rings is 3. The Morgan fingerprint density at radius 2 is 1.60 bits per heavy atom. The van der Waals surface area contributed by atoms with Gasteiger partial charge in [-0.2, -0.15) is 0 Å². The molecule has 0 aliphatic carbocycles. The molecule has 1 aliphatic heterocycles. The van der Waals surface area contributed by atoms with Gasteiger partial charge in [-0.15, -0.1) is 11.6 Å². The summed E-state index contributed by atoms with van der Waals surface area (Å²) in [5, 5.41) is 2.84. The molecule has 150 valence electrons. The predicted molar refractivity (Wildman–Crippen MR) is 121 cm³/mol. The second-order valence-corrected chi connectivity index (χ2v) is 8.59. The van der Waals surface area contributed by atoms with Crippen LogP contribution in [0.1, 0.15) is 16.4 Å². The number of fused-ring (bicyclic) bond motifs is 3. The lowest BCUT2D eigenvalue weighted by Gasteiger charge is -2.44. The number of alkyl halides is 1. The summed E-state index contributed by atoms with van der Waals surface area (Å²) in [6, 6.07) is 23.0. The van der Waals surface area contributed by atoms with Crippen LogP contribution < -0.4 is 5.43 Å². The molecular weight excluding hydrogens is 466 g/mol. The number of halogens is 2. The third-order valence-electron chi connectivity index (χ3n) is 5.45. The van der Waals surface area contributed by atoms with Gasteiger partial charge in [0.15, 0.2) is 0 Å². The minimum atomic E-state index is -0.657. The van der Waals surface area contributed by atoms with Crippen LogP contribution in [0.25, 0.3) is 21.8 Å². The van der Waals surface area contributed by atoms with Crippen LogP contribution in [0.3, 0.4) is 0 Å². The van der Waals surface area contributed by atoms with Crippen LogP contribution >= 0.6 is 27.5 Å². The summed E-state index contributed by atoms with van der Waals surface area (Å²) >= 11 is 9.73. The van der Waals surface area contributed by atoms with Crippen LogP contribution in [0, 0.1) is 0 Å². The molecule has 4 aromatic rings. The van der Waals surface area contributed by atoms with E-state index in [0.29, 0.717) is 0 Å². The first-order chi connectivity index (χ1) is 14.6. The fourth-order valence-corrected chi connectivity index (χ4v) is 4.84. The van der Waals surface area contributed by atoms with Crippen LogP contribution in [0.4, 0.5) is 0 Å². The molecule has 0 saturated carbocycles. The third-order valence-corrected chi connectivity index (χ3v) is 6.37. The first-order valence-electron chi connectivity index (χ1n) is 9.54. The van der Waals surface area contributed by atoms with E-state index in [9.17, 15) is 9.59 Å². The summed E-state index contributed by atoms with van der Waals surface area (Å²) < 4.78 is 2.61. The zero-order valence-electron chi connectivity index (χ0n) is 15.8. The highest BCUT2D eigenvalue weighted by atomic mass is 79.9. The van der Waals surface area contributed by atoms with Gasteiger partial charge in [0, 0.05) is 15.2 Å². The smallest absolute Gasteiger partial charge is 0.257 e. The van der Waals surface area contributed by atoms with Gasteiger partial charge in [0.05, 0.1) is 23.6 Å². The van der Waals surface area contributed by atoms with E-state index in [-0.39, 0.29) is 24.4 Å². The number of hydrogen-bond acceptors (Lipinski definition) is 3. The summed E-state index contributed by atoms with van der Waals surface area (Å²) in [5.41, 5.74) is 5.59. The van der Waals surface area contributed by atoms with Crippen molar-refractivity contribution in [2.45, 2.75) is 11.4 Å². The van der Waals surface area contributed by atoms with Crippen molar-refractivity contribution in [1.82, 2.24) is 15.0 Å². The molecule has 0 radical (unpaired) electrons. The maximum Gasteiger partial charge on any atom is 0.257 e. The number of hydrazine groups is 1. The van der Waals surface area contributed by atoms with Crippen LogP contribution in [0.2, 0.25) is 0 Å². The van der Waals surface area contributed by atoms with E-state index < -0.39 is 5.38 Å². The molecule has 0 bridgehead atoms. The standard InChI is InChI=1S/C23H17BrClN3O2/c24-15-7-5-6-14(12-15)22-21(25)23(30)28(22)26-13-20(29)27-18-10-3-1-8-16(18)17-9-2-4-11-19(17)27/h1-12,21-22,26H,13H2. The summed E-state index contributed by atoms with van der Waals surface area (Å²) in [7, 11) is 0. The molecule has 5 rings (SSSR count). The number of para-hydroxylation sites is 2. The Morgan fingerprint density at radius 1 is 0.967 bits per heavy atom. The molecule has 1 aromatic heterocycles. The number of aromatic nitrogens is 1. The Balaban J connectivity index is 1.43. The van der Waals surface area contributed by atoms with Crippen molar-refractivity contribution in [3.63, 3.8) is 0 Å². The second kappa shape index (κ2) is 7.54. The molecule has 2 atom stereocenters. The van der Waals surface area contributed by atoms with E-state index in [0.717, 1.165) is 31.8 Å². The summed E-state index contributed by atoms with van der Waals surface area (Å²) in [6.45, 7) is -0.0253. The Bertz CT molecular complexity index is 1250. The lowest BCUT2D eigenvalue weighted by Crippen LogP contribution is -2.62. The Labute approximate surface area is 186 Å². The van der Waals surface area contributed by atoms with Gasteiger partial charge in [-0.1, -0.05) is 64.5 Å². The number of carbonyl (C=O) groups excluding carboxylic acids is 2. The highest BCUT2D eigenvalue weighted by molar-refractivity contribution is 9.10. The molecule has 30 heavy (non-hydrogen) atoms. The first kappa shape index (κ1) is 19.3. The van der Waals surface area contributed by atoms with Gasteiger partial charge in [0.2, 0.25) is 5.91 Å². The number of nitrogens with zero attached hydrogens (tertiary/aromatic N) is 2. The topological polar surface area (TPSA) is 54.3 Å². The summed E-state index contributed by atoms with van der Waals surface area (Å²) in [6.07, 6.45) is 0. The van der Waals surface area contributed by atoms with Crippen LogP contribution in [-0.2, 0) is 4.79 Å². The van der Waals surface area contributed by atoms with Crippen molar-refractivity contribution < 1.29 is 9.59 Å². The minimum absolute atomic E-state index is 0.0253. The predicted octanol–water partition coefficient (Wildman–Crippen LogP) is 4.89. The number of β-lactam (4-membered cyclic amide) rings is 1. The zero-order valence-corrected chi connectivity index (χ0v) is 18.1. The van der Waals surface area contributed by atoms with Gasteiger partial charge in [-0.25, -0.2) is 5.43 Å². The Morgan fingerprint density at radius 3 is 2.23 bits per heavy atom. The average Bonchev–Trinajstić information content (AvgIpc) is 3.10. The molecule has 2 heterocycles. The van der Waals surface area contributed by atoms with E-state index in [1.54, 1.807) is 4.57 Å².